The van der Waals surface area contributed by atoms with E-state index in [2.05, 4.69) is 15.9 Å². The van der Waals surface area contributed by atoms with E-state index in [1.54, 1.807) is 0 Å². The lowest BCUT2D eigenvalue weighted by molar-refractivity contribution is 0.101. The van der Waals surface area contributed by atoms with Crippen LogP contribution in [0.4, 0.5) is 0 Å². The van der Waals surface area contributed by atoms with E-state index in [1.807, 2.05) is 0 Å². The standard InChI is InChI=1S/C8H7BrO3/c1-4(10)6-2-5(9)3-7(11)8(6)12/h2-3,11-12H,1H3. The van der Waals surface area contributed by atoms with Crippen molar-refractivity contribution in [2.75, 3.05) is 0 Å². The number of ketones is 1. The van der Waals surface area contributed by atoms with Crippen LogP contribution in [0.1, 0.15) is 17.3 Å². The van der Waals surface area contributed by atoms with E-state index in [-0.39, 0.29) is 22.8 Å². The van der Waals surface area contributed by atoms with E-state index in [0.29, 0.717) is 4.47 Å². The quantitative estimate of drug-likeness (QED) is 0.574. The number of phenolic OH excluding ortho intramolecular Hbond substituents is 2. The second kappa shape index (κ2) is 3.15. The molecule has 0 saturated heterocycles. The number of aromatic hydroxyl groups is 2. The third-order valence-electron chi connectivity index (χ3n) is 1.43. The highest BCUT2D eigenvalue weighted by molar-refractivity contribution is 9.10. The van der Waals surface area contributed by atoms with Crippen molar-refractivity contribution in [1.82, 2.24) is 0 Å². The third kappa shape index (κ3) is 1.58. The van der Waals surface area contributed by atoms with Crippen molar-refractivity contribution in [3.05, 3.63) is 22.2 Å². The summed E-state index contributed by atoms with van der Waals surface area (Å²) in [6, 6.07) is 2.78. The number of benzene rings is 1. The molecule has 1 aromatic carbocycles. The van der Waals surface area contributed by atoms with Crippen LogP contribution in [0.3, 0.4) is 0 Å². The fourth-order valence-corrected chi connectivity index (χ4v) is 1.30. The fourth-order valence-electron chi connectivity index (χ4n) is 0.853. The normalized spacial score (nSPS) is 9.83. The molecular weight excluding hydrogens is 224 g/mol. The number of hydrogen-bond donors (Lipinski definition) is 2. The molecule has 12 heavy (non-hydrogen) atoms. The summed E-state index contributed by atoms with van der Waals surface area (Å²) in [5.41, 5.74) is 0.113. The summed E-state index contributed by atoms with van der Waals surface area (Å²) >= 11 is 3.09. The Morgan fingerprint density at radius 3 is 2.50 bits per heavy atom. The molecule has 0 amide bonds. The minimum absolute atomic E-state index is 0.113. The molecule has 0 bridgehead atoms. The zero-order valence-corrected chi connectivity index (χ0v) is 7.92. The van der Waals surface area contributed by atoms with Gasteiger partial charge in [-0.25, -0.2) is 0 Å². The van der Waals surface area contributed by atoms with Crippen LogP contribution in [0.2, 0.25) is 0 Å². The van der Waals surface area contributed by atoms with Gasteiger partial charge in [-0.1, -0.05) is 15.9 Å². The zero-order chi connectivity index (χ0) is 9.30. The monoisotopic (exact) mass is 230 g/mol. The van der Waals surface area contributed by atoms with Gasteiger partial charge in [0.2, 0.25) is 0 Å². The Kier molecular flexibility index (Phi) is 2.38. The first-order valence-corrected chi connectivity index (χ1v) is 4.04. The summed E-state index contributed by atoms with van der Waals surface area (Å²) < 4.78 is 0.558. The summed E-state index contributed by atoms with van der Waals surface area (Å²) in [5.74, 6) is -0.954. The molecule has 0 spiro atoms. The highest BCUT2D eigenvalue weighted by Crippen LogP contribution is 2.32. The lowest BCUT2D eigenvalue weighted by Gasteiger charge is -2.03. The number of hydrogen-bond acceptors (Lipinski definition) is 3. The number of phenols is 2. The fraction of sp³-hybridized carbons (Fsp3) is 0.125. The van der Waals surface area contributed by atoms with Crippen molar-refractivity contribution >= 4 is 21.7 Å². The molecule has 0 aliphatic rings. The van der Waals surface area contributed by atoms with Crippen LogP contribution in [-0.2, 0) is 0 Å². The van der Waals surface area contributed by atoms with Crippen LogP contribution in [0.15, 0.2) is 16.6 Å². The lowest BCUT2D eigenvalue weighted by Crippen LogP contribution is -1.92. The van der Waals surface area contributed by atoms with Gasteiger partial charge in [0.15, 0.2) is 17.3 Å². The molecule has 1 aromatic rings. The molecule has 1 rings (SSSR count). The highest BCUT2D eigenvalue weighted by Gasteiger charge is 2.11. The molecule has 3 nitrogen and oxygen atoms in total. The summed E-state index contributed by atoms with van der Waals surface area (Å²) in [6.45, 7) is 1.32. The number of halogens is 1. The molecule has 0 saturated carbocycles. The second-order valence-electron chi connectivity index (χ2n) is 2.38. The molecule has 64 valence electrons. The van der Waals surface area contributed by atoms with Gasteiger partial charge in [-0.05, 0) is 19.1 Å². The maximum absolute atomic E-state index is 10.9. The minimum Gasteiger partial charge on any atom is -0.504 e. The van der Waals surface area contributed by atoms with E-state index in [4.69, 9.17) is 5.11 Å². The molecule has 0 fully saturated rings. The van der Waals surface area contributed by atoms with Crippen molar-refractivity contribution < 1.29 is 15.0 Å². The molecule has 0 heterocycles. The largest absolute Gasteiger partial charge is 0.504 e. The molecule has 0 atom stereocenters. The molecular formula is C8H7BrO3. The van der Waals surface area contributed by atoms with Gasteiger partial charge in [-0.15, -0.1) is 0 Å². The Morgan fingerprint density at radius 2 is 2.00 bits per heavy atom. The summed E-state index contributed by atoms with van der Waals surface area (Å²) in [6.07, 6.45) is 0. The van der Waals surface area contributed by atoms with Crippen LogP contribution in [0.5, 0.6) is 11.5 Å². The van der Waals surface area contributed by atoms with Crippen molar-refractivity contribution in [3.63, 3.8) is 0 Å². The molecule has 0 aromatic heterocycles. The van der Waals surface area contributed by atoms with E-state index in [1.165, 1.54) is 19.1 Å². The number of Topliss-reactive ketones (excluding diaryl/α,β-unsaturated/α-hetero) is 1. The first kappa shape index (κ1) is 9.06. The van der Waals surface area contributed by atoms with Crippen LogP contribution in [0.25, 0.3) is 0 Å². The van der Waals surface area contributed by atoms with Gasteiger partial charge in [-0.3, -0.25) is 4.79 Å². The van der Waals surface area contributed by atoms with Gasteiger partial charge in [0, 0.05) is 4.47 Å². The summed E-state index contributed by atoms with van der Waals surface area (Å²) in [7, 11) is 0. The average molecular weight is 231 g/mol. The minimum atomic E-state index is -0.370. The number of carbonyl (C=O) groups is 1. The van der Waals surface area contributed by atoms with Gasteiger partial charge < -0.3 is 10.2 Å². The van der Waals surface area contributed by atoms with Crippen LogP contribution >= 0.6 is 15.9 Å². The van der Waals surface area contributed by atoms with E-state index < -0.39 is 0 Å². The number of rotatable bonds is 1. The van der Waals surface area contributed by atoms with Crippen molar-refractivity contribution in [2.24, 2.45) is 0 Å². The van der Waals surface area contributed by atoms with Crippen LogP contribution in [-0.4, -0.2) is 16.0 Å². The SMILES string of the molecule is CC(=O)c1cc(Br)cc(O)c1O. The predicted molar refractivity (Wildman–Crippen MR) is 47.5 cm³/mol. The third-order valence-corrected chi connectivity index (χ3v) is 1.89. The van der Waals surface area contributed by atoms with Crippen LogP contribution in [0, 0.1) is 0 Å². The van der Waals surface area contributed by atoms with Crippen molar-refractivity contribution in [2.45, 2.75) is 6.92 Å². The first-order valence-electron chi connectivity index (χ1n) is 3.25. The Labute approximate surface area is 77.8 Å². The van der Waals surface area contributed by atoms with E-state index >= 15 is 0 Å². The Bertz CT molecular complexity index is 333. The van der Waals surface area contributed by atoms with Crippen molar-refractivity contribution in [3.8, 4) is 11.5 Å². The second-order valence-corrected chi connectivity index (χ2v) is 3.29. The Hall–Kier alpha value is -1.03. The topological polar surface area (TPSA) is 57.5 Å². The van der Waals surface area contributed by atoms with Crippen LogP contribution < -0.4 is 0 Å². The van der Waals surface area contributed by atoms with Gasteiger partial charge >= 0.3 is 0 Å². The van der Waals surface area contributed by atoms with Gasteiger partial charge in [0.1, 0.15) is 0 Å². The van der Waals surface area contributed by atoms with Crippen molar-refractivity contribution in [1.29, 1.82) is 0 Å². The maximum atomic E-state index is 10.9. The lowest BCUT2D eigenvalue weighted by atomic mass is 10.1. The first-order chi connectivity index (χ1) is 5.52. The van der Waals surface area contributed by atoms with E-state index in [9.17, 15) is 9.90 Å². The number of carbonyl (C=O) groups excluding carboxylic acids is 1. The highest BCUT2D eigenvalue weighted by atomic mass is 79.9. The van der Waals surface area contributed by atoms with Gasteiger partial charge in [0.05, 0.1) is 5.56 Å². The molecule has 0 unspecified atom stereocenters. The molecule has 4 heteroatoms. The molecule has 0 aliphatic heterocycles. The molecule has 0 aliphatic carbocycles. The Morgan fingerprint density at radius 1 is 1.42 bits per heavy atom. The average Bonchev–Trinajstić information content (AvgIpc) is 1.96. The zero-order valence-electron chi connectivity index (χ0n) is 6.34. The summed E-state index contributed by atoms with van der Waals surface area (Å²) in [4.78, 5) is 10.9. The molecule has 0 radical (unpaired) electrons. The van der Waals surface area contributed by atoms with Gasteiger partial charge in [-0.2, -0.15) is 0 Å². The smallest absolute Gasteiger partial charge is 0.168 e. The Balaban J connectivity index is 3.37. The molecule has 2 N–H and O–H groups in total. The predicted octanol–water partition coefficient (Wildman–Crippen LogP) is 2.06. The maximum Gasteiger partial charge on any atom is 0.168 e. The summed E-state index contributed by atoms with van der Waals surface area (Å²) in [5, 5.41) is 18.3. The van der Waals surface area contributed by atoms with Gasteiger partial charge in [0.25, 0.3) is 0 Å². The van der Waals surface area contributed by atoms with E-state index in [0.717, 1.165) is 0 Å².